The summed E-state index contributed by atoms with van der Waals surface area (Å²) in [6.45, 7) is 0.405. The molecule has 0 radical (unpaired) electrons. The Hall–Kier alpha value is -2.37. The average molecular weight is 261 g/mol. The molecule has 0 bridgehead atoms. The molecular formula is C13H15N3O3. The minimum Gasteiger partial charge on any atom is -0.361 e. The molecule has 19 heavy (non-hydrogen) atoms. The summed E-state index contributed by atoms with van der Waals surface area (Å²) in [4.78, 5) is 34.5. The van der Waals surface area contributed by atoms with Gasteiger partial charge in [0.25, 0.3) is 0 Å². The van der Waals surface area contributed by atoms with Gasteiger partial charge in [0, 0.05) is 19.3 Å². The number of amides is 3. The zero-order valence-corrected chi connectivity index (χ0v) is 10.6. The molecule has 1 aromatic rings. The second-order valence-electron chi connectivity index (χ2n) is 4.56. The number of hydrogen-bond donors (Lipinski definition) is 2. The first-order valence-electron chi connectivity index (χ1n) is 5.94. The topological polar surface area (TPSA) is 92.5 Å². The lowest BCUT2D eigenvalue weighted by atomic mass is 10.1. The number of primary amides is 1. The Morgan fingerprint density at radius 1 is 1.42 bits per heavy atom. The van der Waals surface area contributed by atoms with Crippen LogP contribution in [-0.2, 0) is 27.2 Å². The van der Waals surface area contributed by atoms with Crippen LogP contribution in [0.3, 0.4) is 0 Å². The lowest BCUT2D eigenvalue weighted by Gasteiger charge is -2.15. The molecule has 1 aliphatic heterocycles. The number of fused-ring (bicyclic) bond motifs is 1. The monoisotopic (exact) mass is 261 g/mol. The first kappa shape index (κ1) is 13.1. The second-order valence-corrected chi connectivity index (χ2v) is 4.56. The van der Waals surface area contributed by atoms with Crippen LogP contribution in [0.1, 0.15) is 11.1 Å². The van der Waals surface area contributed by atoms with E-state index in [9.17, 15) is 14.4 Å². The third kappa shape index (κ3) is 2.90. The van der Waals surface area contributed by atoms with E-state index in [0.29, 0.717) is 19.4 Å². The molecule has 2 rings (SSSR count). The number of rotatable bonds is 3. The van der Waals surface area contributed by atoms with Crippen LogP contribution in [0, 0.1) is 0 Å². The number of nitrogens with zero attached hydrogens (tertiary/aromatic N) is 1. The van der Waals surface area contributed by atoms with Crippen molar-refractivity contribution in [2.45, 2.75) is 12.8 Å². The van der Waals surface area contributed by atoms with Gasteiger partial charge in [0.15, 0.2) is 0 Å². The molecule has 6 nitrogen and oxygen atoms in total. The number of anilines is 1. The first-order valence-corrected chi connectivity index (χ1v) is 5.94. The fourth-order valence-electron chi connectivity index (χ4n) is 2.02. The van der Waals surface area contributed by atoms with Crippen LogP contribution < -0.4 is 11.1 Å². The highest BCUT2D eigenvalue weighted by atomic mass is 16.2. The van der Waals surface area contributed by atoms with Gasteiger partial charge in [-0.3, -0.25) is 14.4 Å². The van der Waals surface area contributed by atoms with Gasteiger partial charge >= 0.3 is 11.8 Å². The van der Waals surface area contributed by atoms with Gasteiger partial charge in [0.05, 0.1) is 6.42 Å². The van der Waals surface area contributed by atoms with Gasteiger partial charge in [-0.1, -0.05) is 12.1 Å². The standard InChI is InChI=1S/C13H15N3O3/c1-16(13(19)12(14)18)5-4-8-2-3-10-9(6-8)7-11(17)15-10/h2-3,6H,4-5,7H2,1H3,(H2,14,18)(H,15,17). The highest BCUT2D eigenvalue weighted by molar-refractivity contribution is 6.34. The molecule has 0 saturated carbocycles. The van der Waals surface area contributed by atoms with Crippen LogP contribution >= 0.6 is 0 Å². The van der Waals surface area contributed by atoms with Gasteiger partial charge < -0.3 is 16.0 Å². The maximum atomic E-state index is 11.3. The smallest absolute Gasteiger partial charge is 0.311 e. The van der Waals surface area contributed by atoms with Gasteiger partial charge in [-0.15, -0.1) is 0 Å². The Morgan fingerprint density at radius 3 is 2.84 bits per heavy atom. The van der Waals surface area contributed by atoms with Crippen molar-refractivity contribution in [3.63, 3.8) is 0 Å². The second kappa shape index (κ2) is 5.09. The van der Waals surface area contributed by atoms with Crippen LogP contribution in [0.4, 0.5) is 5.69 Å². The lowest BCUT2D eigenvalue weighted by Crippen LogP contribution is -2.38. The van der Waals surface area contributed by atoms with Crippen molar-refractivity contribution in [2.75, 3.05) is 18.9 Å². The van der Waals surface area contributed by atoms with Crippen LogP contribution in [0.15, 0.2) is 18.2 Å². The summed E-state index contributed by atoms with van der Waals surface area (Å²) < 4.78 is 0. The average Bonchev–Trinajstić information content (AvgIpc) is 2.74. The van der Waals surface area contributed by atoms with E-state index in [2.05, 4.69) is 5.32 Å². The molecule has 0 fully saturated rings. The van der Waals surface area contributed by atoms with Gasteiger partial charge in [-0.2, -0.15) is 0 Å². The van der Waals surface area contributed by atoms with Gasteiger partial charge in [0.2, 0.25) is 5.91 Å². The summed E-state index contributed by atoms with van der Waals surface area (Å²) in [5, 5.41) is 2.76. The minimum absolute atomic E-state index is 0.00632. The highest BCUT2D eigenvalue weighted by Crippen LogP contribution is 2.23. The Labute approximate surface area is 110 Å². The number of likely N-dealkylation sites (N-methyl/N-ethyl adjacent to an activating group) is 1. The first-order chi connectivity index (χ1) is 8.97. The molecule has 0 atom stereocenters. The number of carbonyl (C=O) groups excluding carboxylic acids is 3. The fourth-order valence-corrected chi connectivity index (χ4v) is 2.02. The molecule has 100 valence electrons. The predicted octanol–water partition coefficient (Wildman–Crippen LogP) is -0.333. The lowest BCUT2D eigenvalue weighted by molar-refractivity contribution is -0.143. The summed E-state index contributed by atoms with van der Waals surface area (Å²) >= 11 is 0. The number of nitrogens with one attached hydrogen (secondary N) is 1. The van der Waals surface area contributed by atoms with Crippen LogP contribution in [-0.4, -0.2) is 36.2 Å². The molecule has 3 amide bonds. The van der Waals surface area contributed by atoms with Gasteiger partial charge in [-0.25, -0.2) is 0 Å². The third-order valence-electron chi connectivity index (χ3n) is 3.09. The fraction of sp³-hybridized carbons (Fsp3) is 0.308. The number of benzene rings is 1. The van der Waals surface area contributed by atoms with Crippen molar-refractivity contribution in [3.8, 4) is 0 Å². The zero-order chi connectivity index (χ0) is 14.0. The highest BCUT2D eigenvalue weighted by Gasteiger charge is 2.18. The minimum atomic E-state index is -0.953. The molecule has 0 saturated heterocycles. The molecule has 6 heteroatoms. The Morgan fingerprint density at radius 2 is 2.16 bits per heavy atom. The predicted molar refractivity (Wildman–Crippen MR) is 69.3 cm³/mol. The van der Waals surface area contributed by atoms with E-state index in [4.69, 9.17) is 5.73 Å². The van der Waals surface area contributed by atoms with Gasteiger partial charge in [0.1, 0.15) is 0 Å². The van der Waals surface area contributed by atoms with Crippen molar-refractivity contribution in [1.29, 1.82) is 0 Å². The van der Waals surface area contributed by atoms with Crippen molar-refractivity contribution < 1.29 is 14.4 Å². The number of nitrogens with two attached hydrogens (primary N) is 1. The van der Waals surface area contributed by atoms with E-state index in [-0.39, 0.29) is 5.91 Å². The van der Waals surface area contributed by atoms with Crippen molar-refractivity contribution >= 4 is 23.4 Å². The molecule has 0 unspecified atom stereocenters. The maximum Gasteiger partial charge on any atom is 0.311 e. The Bertz CT molecular complexity index is 554. The molecule has 1 heterocycles. The maximum absolute atomic E-state index is 11.3. The van der Waals surface area contributed by atoms with E-state index in [1.165, 1.54) is 11.9 Å². The number of hydrogen-bond acceptors (Lipinski definition) is 3. The largest absolute Gasteiger partial charge is 0.361 e. The van der Waals surface area contributed by atoms with Crippen molar-refractivity contribution in [1.82, 2.24) is 4.90 Å². The molecule has 1 aromatic carbocycles. The normalized spacial score (nSPS) is 12.8. The Balaban J connectivity index is 1.98. The van der Waals surface area contributed by atoms with E-state index in [1.54, 1.807) is 0 Å². The summed E-state index contributed by atoms with van der Waals surface area (Å²) in [7, 11) is 1.53. The summed E-state index contributed by atoms with van der Waals surface area (Å²) in [5.41, 5.74) is 7.74. The quantitative estimate of drug-likeness (QED) is 0.729. The van der Waals surface area contributed by atoms with E-state index >= 15 is 0 Å². The van der Waals surface area contributed by atoms with Crippen LogP contribution in [0.5, 0.6) is 0 Å². The van der Waals surface area contributed by atoms with Crippen LogP contribution in [0.25, 0.3) is 0 Å². The SMILES string of the molecule is CN(CCc1ccc2c(c1)CC(=O)N2)C(=O)C(N)=O. The summed E-state index contributed by atoms with van der Waals surface area (Å²) in [6, 6.07) is 5.69. The molecule has 3 N–H and O–H groups in total. The number of carbonyl (C=O) groups is 3. The third-order valence-corrected chi connectivity index (χ3v) is 3.09. The van der Waals surface area contributed by atoms with Crippen molar-refractivity contribution in [2.24, 2.45) is 5.73 Å². The zero-order valence-electron chi connectivity index (χ0n) is 10.6. The molecular weight excluding hydrogens is 246 g/mol. The molecule has 0 spiro atoms. The Kier molecular flexibility index (Phi) is 3.50. The molecule has 0 aliphatic carbocycles. The van der Waals surface area contributed by atoms with Crippen molar-refractivity contribution in [3.05, 3.63) is 29.3 Å². The summed E-state index contributed by atoms with van der Waals surface area (Å²) in [5.74, 6) is -1.66. The molecule has 0 aromatic heterocycles. The van der Waals surface area contributed by atoms with E-state index in [0.717, 1.165) is 16.8 Å². The van der Waals surface area contributed by atoms with Crippen LogP contribution in [0.2, 0.25) is 0 Å². The van der Waals surface area contributed by atoms with E-state index < -0.39 is 11.8 Å². The molecule has 1 aliphatic rings. The van der Waals surface area contributed by atoms with E-state index in [1.807, 2.05) is 18.2 Å². The summed E-state index contributed by atoms with van der Waals surface area (Å²) in [6.07, 6.45) is 0.996. The van der Waals surface area contributed by atoms with Gasteiger partial charge in [-0.05, 0) is 23.6 Å².